The second-order valence-corrected chi connectivity index (χ2v) is 5.23. The Balaban J connectivity index is 1.75. The molecule has 0 radical (unpaired) electrons. The molecule has 2 heterocycles. The Morgan fingerprint density at radius 3 is 3.05 bits per heavy atom. The molecule has 1 N–H and O–H groups in total. The maximum atomic E-state index is 12.1. The minimum Gasteiger partial charge on any atom is -0.359 e. The Morgan fingerprint density at radius 2 is 2.35 bits per heavy atom. The molecule has 1 aromatic heterocycles. The first kappa shape index (κ1) is 14.5. The third-order valence-corrected chi connectivity index (χ3v) is 3.74. The molecule has 0 saturated carbocycles. The molecular formula is C15H21N3O2. The quantitative estimate of drug-likeness (QED) is 0.872. The fraction of sp³-hybridized carbons (Fsp3) is 0.533. The molecule has 20 heavy (non-hydrogen) atoms. The van der Waals surface area contributed by atoms with Crippen molar-refractivity contribution in [3.05, 3.63) is 30.1 Å². The van der Waals surface area contributed by atoms with Gasteiger partial charge in [0.1, 0.15) is 0 Å². The van der Waals surface area contributed by atoms with Crippen LogP contribution in [0.5, 0.6) is 0 Å². The van der Waals surface area contributed by atoms with Gasteiger partial charge in [0.15, 0.2) is 0 Å². The maximum absolute atomic E-state index is 12.1. The lowest BCUT2D eigenvalue weighted by Gasteiger charge is -2.16. The van der Waals surface area contributed by atoms with Crippen molar-refractivity contribution in [2.75, 3.05) is 20.1 Å². The normalized spacial score (nSPS) is 18.1. The van der Waals surface area contributed by atoms with Crippen LogP contribution in [0.25, 0.3) is 0 Å². The second-order valence-electron chi connectivity index (χ2n) is 5.23. The molecule has 2 amide bonds. The highest BCUT2D eigenvalue weighted by molar-refractivity contribution is 5.78. The number of carbonyl (C=O) groups excluding carboxylic acids is 2. The Labute approximate surface area is 119 Å². The van der Waals surface area contributed by atoms with Gasteiger partial charge in [-0.15, -0.1) is 0 Å². The Hall–Kier alpha value is -1.91. The number of rotatable bonds is 5. The lowest BCUT2D eigenvalue weighted by atomic mass is 10.0. The SMILES string of the molecule is CNC(=O)C[C@@H]1CCN(C(=O)CCc2cccnc2)C1. The Bertz CT molecular complexity index is 461. The van der Waals surface area contributed by atoms with E-state index in [9.17, 15) is 9.59 Å². The molecule has 1 atom stereocenters. The van der Waals surface area contributed by atoms with Gasteiger partial charge in [0, 0.05) is 45.4 Å². The highest BCUT2D eigenvalue weighted by atomic mass is 16.2. The van der Waals surface area contributed by atoms with Gasteiger partial charge in [0.05, 0.1) is 0 Å². The van der Waals surface area contributed by atoms with Crippen molar-refractivity contribution in [3.63, 3.8) is 0 Å². The number of nitrogens with one attached hydrogen (secondary N) is 1. The standard InChI is InChI=1S/C15H21N3O2/c1-16-14(19)9-13-6-8-18(11-13)15(20)5-4-12-3-2-7-17-10-12/h2-3,7,10,13H,4-6,8-9,11H2,1H3,(H,16,19)/t13-/m0/s1. The summed E-state index contributed by atoms with van der Waals surface area (Å²) in [5, 5.41) is 2.63. The largest absolute Gasteiger partial charge is 0.359 e. The van der Waals surface area contributed by atoms with Gasteiger partial charge in [0.25, 0.3) is 0 Å². The number of aryl methyl sites for hydroxylation is 1. The van der Waals surface area contributed by atoms with E-state index < -0.39 is 0 Å². The topological polar surface area (TPSA) is 62.3 Å². The molecule has 0 spiro atoms. The Morgan fingerprint density at radius 1 is 1.50 bits per heavy atom. The first-order valence-electron chi connectivity index (χ1n) is 7.06. The average Bonchev–Trinajstić information content (AvgIpc) is 2.94. The molecule has 0 aliphatic carbocycles. The van der Waals surface area contributed by atoms with E-state index in [0.29, 0.717) is 25.3 Å². The highest BCUT2D eigenvalue weighted by Crippen LogP contribution is 2.20. The van der Waals surface area contributed by atoms with Crippen molar-refractivity contribution < 1.29 is 9.59 Å². The van der Waals surface area contributed by atoms with E-state index in [1.807, 2.05) is 17.0 Å². The van der Waals surface area contributed by atoms with Crippen LogP contribution < -0.4 is 5.32 Å². The zero-order valence-corrected chi connectivity index (χ0v) is 11.8. The van der Waals surface area contributed by atoms with Gasteiger partial charge >= 0.3 is 0 Å². The predicted octanol–water partition coefficient (Wildman–Crippen LogP) is 0.999. The summed E-state index contributed by atoms with van der Waals surface area (Å²) in [4.78, 5) is 29.4. The number of likely N-dealkylation sites (tertiary alicyclic amines) is 1. The van der Waals surface area contributed by atoms with E-state index >= 15 is 0 Å². The Kier molecular flexibility index (Phi) is 5.09. The summed E-state index contributed by atoms with van der Waals surface area (Å²) in [6.07, 6.45) is 6.21. The lowest BCUT2D eigenvalue weighted by Crippen LogP contribution is -2.30. The summed E-state index contributed by atoms with van der Waals surface area (Å²) in [5.41, 5.74) is 1.09. The molecule has 1 aliphatic heterocycles. The first-order valence-corrected chi connectivity index (χ1v) is 7.06. The monoisotopic (exact) mass is 275 g/mol. The number of aromatic nitrogens is 1. The van der Waals surface area contributed by atoms with Gasteiger partial charge < -0.3 is 10.2 Å². The number of carbonyl (C=O) groups is 2. The van der Waals surface area contributed by atoms with Crippen molar-refractivity contribution in [1.29, 1.82) is 0 Å². The molecule has 2 rings (SSSR count). The van der Waals surface area contributed by atoms with Gasteiger partial charge in [-0.3, -0.25) is 14.6 Å². The third-order valence-electron chi connectivity index (χ3n) is 3.74. The van der Waals surface area contributed by atoms with Crippen LogP contribution in [0.4, 0.5) is 0 Å². The minimum atomic E-state index is 0.0552. The van der Waals surface area contributed by atoms with E-state index in [1.165, 1.54) is 0 Å². The van der Waals surface area contributed by atoms with Gasteiger partial charge in [-0.2, -0.15) is 0 Å². The summed E-state index contributed by atoms with van der Waals surface area (Å²) in [5.74, 6) is 0.533. The van der Waals surface area contributed by atoms with Gasteiger partial charge in [-0.05, 0) is 30.4 Å². The number of nitrogens with zero attached hydrogens (tertiary/aromatic N) is 2. The van der Waals surface area contributed by atoms with Crippen LogP contribution in [0.1, 0.15) is 24.8 Å². The maximum Gasteiger partial charge on any atom is 0.222 e. The van der Waals surface area contributed by atoms with Crippen LogP contribution in [0.15, 0.2) is 24.5 Å². The molecule has 1 fully saturated rings. The molecule has 0 unspecified atom stereocenters. The summed E-state index contributed by atoms with van der Waals surface area (Å²) in [6, 6.07) is 3.87. The van der Waals surface area contributed by atoms with Crippen LogP contribution in [0, 0.1) is 5.92 Å². The van der Waals surface area contributed by atoms with E-state index in [4.69, 9.17) is 0 Å². The van der Waals surface area contributed by atoms with E-state index in [1.54, 1.807) is 19.4 Å². The van der Waals surface area contributed by atoms with Gasteiger partial charge in [-0.1, -0.05) is 6.07 Å². The van der Waals surface area contributed by atoms with Crippen molar-refractivity contribution in [1.82, 2.24) is 15.2 Å². The van der Waals surface area contributed by atoms with Gasteiger partial charge in [0.2, 0.25) is 11.8 Å². The lowest BCUT2D eigenvalue weighted by molar-refractivity contribution is -0.130. The molecule has 1 aromatic rings. The van der Waals surface area contributed by atoms with E-state index in [0.717, 1.165) is 24.9 Å². The summed E-state index contributed by atoms with van der Waals surface area (Å²) >= 11 is 0. The highest BCUT2D eigenvalue weighted by Gasteiger charge is 2.27. The molecule has 108 valence electrons. The zero-order valence-electron chi connectivity index (χ0n) is 11.8. The van der Waals surface area contributed by atoms with Crippen LogP contribution in [0.2, 0.25) is 0 Å². The summed E-state index contributed by atoms with van der Waals surface area (Å²) in [7, 11) is 1.65. The second kappa shape index (κ2) is 7.03. The van der Waals surface area contributed by atoms with E-state index in [2.05, 4.69) is 10.3 Å². The summed E-state index contributed by atoms with van der Waals surface area (Å²) < 4.78 is 0. The van der Waals surface area contributed by atoms with Gasteiger partial charge in [-0.25, -0.2) is 0 Å². The fourth-order valence-corrected chi connectivity index (χ4v) is 2.55. The molecule has 1 saturated heterocycles. The fourth-order valence-electron chi connectivity index (χ4n) is 2.55. The first-order chi connectivity index (χ1) is 9.69. The minimum absolute atomic E-state index is 0.0552. The third kappa shape index (κ3) is 4.05. The van der Waals surface area contributed by atoms with Crippen LogP contribution in [-0.4, -0.2) is 41.8 Å². The van der Waals surface area contributed by atoms with E-state index in [-0.39, 0.29) is 11.8 Å². The molecular weight excluding hydrogens is 254 g/mol. The molecule has 5 heteroatoms. The zero-order chi connectivity index (χ0) is 14.4. The number of amides is 2. The van der Waals surface area contributed by atoms with Crippen molar-refractivity contribution >= 4 is 11.8 Å². The number of hydrogen-bond donors (Lipinski definition) is 1. The van der Waals surface area contributed by atoms with Crippen LogP contribution >= 0.6 is 0 Å². The van der Waals surface area contributed by atoms with Crippen molar-refractivity contribution in [3.8, 4) is 0 Å². The number of hydrogen-bond acceptors (Lipinski definition) is 3. The smallest absolute Gasteiger partial charge is 0.222 e. The van der Waals surface area contributed by atoms with Crippen LogP contribution in [0.3, 0.4) is 0 Å². The average molecular weight is 275 g/mol. The molecule has 0 bridgehead atoms. The molecule has 0 aromatic carbocycles. The molecule has 5 nitrogen and oxygen atoms in total. The van der Waals surface area contributed by atoms with Crippen LogP contribution in [-0.2, 0) is 16.0 Å². The predicted molar refractivity (Wildman–Crippen MR) is 75.9 cm³/mol. The number of pyridine rings is 1. The van der Waals surface area contributed by atoms with Crippen molar-refractivity contribution in [2.24, 2.45) is 5.92 Å². The molecule has 1 aliphatic rings. The summed E-state index contributed by atoms with van der Waals surface area (Å²) in [6.45, 7) is 1.48. The van der Waals surface area contributed by atoms with Crippen molar-refractivity contribution in [2.45, 2.75) is 25.7 Å².